The molecule has 0 spiro atoms. The molecule has 0 radical (unpaired) electrons. The normalized spacial score (nSPS) is 11.1. The summed E-state index contributed by atoms with van der Waals surface area (Å²) in [4.78, 5) is 12.1. The molecule has 0 atom stereocenters. The Balaban J connectivity index is 1.67. The van der Waals surface area contributed by atoms with Crippen molar-refractivity contribution >= 4 is 12.1 Å². The fraction of sp³-hybridized carbons (Fsp3) is 0.280. The lowest BCUT2D eigenvalue weighted by Crippen LogP contribution is -2.19. The zero-order chi connectivity index (χ0) is 20.6. The van der Waals surface area contributed by atoms with E-state index in [0.717, 1.165) is 34.6 Å². The number of nitrogens with one attached hydrogen (secondary N) is 1. The summed E-state index contributed by atoms with van der Waals surface area (Å²) in [5, 5.41) is 4.16. The standard InChI is InChI=1S/C25H29N3O/c1-4-5-9-21-12-14-24(15-13-21)28-19(2)16-23(20(28)3)18-26-27-25(29)17-22-10-7-6-8-11-22/h6-8,10-16,18H,4-5,9,17H2,1-3H3,(H,27,29)/b26-18+. The molecule has 0 aliphatic rings. The van der Waals surface area contributed by atoms with Crippen LogP contribution < -0.4 is 5.43 Å². The van der Waals surface area contributed by atoms with Crippen LogP contribution in [0.1, 0.15) is 47.8 Å². The molecule has 0 bridgehead atoms. The highest BCUT2D eigenvalue weighted by Crippen LogP contribution is 2.20. The number of carbonyl (C=O) groups excluding carboxylic acids is 1. The molecule has 0 saturated carbocycles. The van der Waals surface area contributed by atoms with Crippen molar-refractivity contribution in [1.29, 1.82) is 0 Å². The van der Waals surface area contributed by atoms with Crippen LogP contribution in [0.15, 0.2) is 65.8 Å². The van der Waals surface area contributed by atoms with Gasteiger partial charge in [-0.3, -0.25) is 4.79 Å². The van der Waals surface area contributed by atoms with Gasteiger partial charge in [-0.25, -0.2) is 5.43 Å². The monoisotopic (exact) mass is 387 g/mol. The number of unbranched alkanes of at least 4 members (excludes halogenated alkanes) is 1. The topological polar surface area (TPSA) is 46.4 Å². The number of aromatic nitrogens is 1. The Morgan fingerprint density at radius 3 is 2.45 bits per heavy atom. The minimum atomic E-state index is -0.121. The van der Waals surface area contributed by atoms with Crippen molar-refractivity contribution in [2.24, 2.45) is 5.10 Å². The summed E-state index contributed by atoms with van der Waals surface area (Å²) in [5.41, 5.74) is 9.36. The Morgan fingerprint density at radius 2 is 1.76 bits per heavy atom. The lowest BCUT2D eigenvalue weighted by atomic mass is 10.1. The first-order valence-corrected chi connectivity index (χ1v) is 10.2. The molecule has 3 aromatic rings. The number of hydrazone groups is 1. The molecule has 0 fully saturated rings. The van der Waals surface area contributed by atoms with Crippen LogP contribution >= 0.6 is 0 Å². The van der Waals surface area contributed by atoms with E-state index in [4.69, 9.17) is 0 Å². The van der Waals surface area contributed by atoms with Crippen molar-refractivity contribution in [1.82, 2.24) is 9.99 Å². The van der Waals surface area contributed by atoms with Crippen molar-refractivity contribution in [2.75, 3.05) is 0 Å². The van der Waals surface area contributed by atoms with Gasteiger partial charge >= 0.3 is 0 Å². The summed E-state index contributed by atoms with van der Waals surface area (Å²) in [6.07, 6.45) is 5.60. The number of hydrogen-bond acceptors (Lipinski definition) is 2. The molecular formula is C25H29N3O. The minimum Gasteiger partial charge on any atom is -0.318 e. The average molecular weight is 388 g/mol. The summed E-state index contributed by atoms with van der Waals surface area (Å²) < 4.78 is 2.22. The molecule has 150 valence electrons. The van der Waals surface area contributed by atoms with Crippen molar-refractivity contribution < 1.29 is 4.79 Å². The molecule has 1 N–H and O–H groups in total. The Hall–Kier alpha value is -3.14. The molecule has 1 heterocycles. The van der Waals surface area contributed by atoms with Gasteiger partial charge in [0, 0.05) is 22.6 Å². The van der Waals surface area contributed by atoms with Gasteiger partial charge < -0.3 is 4.57 Å². The van der Waals surface area contributed by atoms with Gasteiger partial charge in [-0.15, -0.1) is 0 Å². The summed E-state index contributed by atoms with van der Waals surface area (Å²) in [7, 11) is 0. The predicted molar refractivity (Wildman–Crippen MR) is 120 cm³/mol. The lowest BCUT2D eigenvalue weighted by Gasteiger charge is -2.10. The van der Waals surface area contributed by atoms with Crippen LogP contribution in [0.5, 0.6) is 0 Å². The van der Waals surface area contributed by atoms with E-state index in [1.54, 1.807) is 6.21 Å². The van der Waals surface area contributed by atoms with Crippen LogP contribution in [0.3, 0.4) is 0 Å². The Bertz CT molecular complexity index is 969. The highest BCUT2D eigenvalue weighted by Gasteiger charge is 2.10. The number of hydrogen-bond donors (Lipinski definition) is 1. The van der Waals surface area contributed by atoms with Gasteiger partial charge in [0.15, 0.2) is 0 Å². The second-order valence-corrected chi connectivity index (χ2v) is 7.39. The molecule has 0 aliphatic carbocycles. The lowest BCUT2D eigenvalue weighted by molar-refractivity contribution is -0.120. The van der Waals surface area contributed by atoms with Crippen LogP contribution in [0.2, 0.25) is 0 Å². The largest absolute Gasteiger partial charge is 0.318 e. The number of rotatable bonds is 8. The number of amides is 1. The molecule has 4 nitrogen and oxygen atoms in total. The maximum atomic E-state index is 12.1. The fourth-order valence-electron chi connectivity index (χ4n) is 3.50. The van der Waals surface area contributed by atoms with Crippen molar-refractivity contribution in [2.45, 2.75) is 46.5 Å². The van der Waals surface area contributed by atoms with Gasteiger partial charge in [-0.2, -0.15) is 5.10 Å². The van der Waals surface area contributed by atoms with Gasteiger partial charge in [0.1, 0.15) is 0 Å². The van der Waals surface area contributed by atoms with Crippen LogP contribution in [0, 0.1) is 13.8 Å². The molecule has 0 unspecified atom stereocenters. The van der Waals surface area contributed by atoms with Crippen LogP contribution in [0.25, 0.3) is 5.69 Å². The maximum absolute atomic E-state index is 12.1. The summed E-state index contributed by atoms with van der Waals surface area (Å²) in [6.45, 7) is 6.38. The van der Waals surface area contributed by atoms with Crippen molar-refractivity contribution in [3.8, 4) is 5.69 Å². The Labute approximate surface area is 173 Å². The summed E-state index contributed by atoms with van der Waals surface area (Å²) >= 11 is 0. The van der Waals surface area contributed by atoms with Gasteiger partial charge in [-0.05, 0) is 56.0 Å². The highest BCUT2D eigenvalue weighted by atomic mass is 16.2. The highest BCUT2D eigenvalue weighted by molar-refractivity contribution is 5.84. The number of aryl methyl sites for hydroxylation is 2. The second-order valence-electron chi connectivity index (χ2n) is 7.39. The van der Waals surface area contributed by atoms with Crippen molar-refractivity contribution in [3.63, 3.8) is 0 Å². The molecule has 0 saturated heterocycles. The molecule has 3 rings (SSSR count). The van der Waals surface area contributed by atoms with E-state index in [1.165, 1.54) is 18.4 Å². The number of benzene rings is 2. The maximum Gasteiger partial charge on any atom is 0.244 e. The summed E-state index contributed by atoms with van der Waals surface area (Å²) in [5.74, 6) is -0.121. The second kappa shape index (κ2) is 9.87. The fourth-order valence-corrected chi connectivity index (χ4v) is 3.50. The zero-order valence-corrected chi connectivity index (χ0v) is 17.5. The van der Waals surface area contributed by atoms with E-state index < -0.39 is 0 Å². The third-order valence-corrected chi connectivity index (χ3v) is 5.08. The van der Waals surface area contributed by atoms with Gasteiger partial charge in [-0.1, -0.05) is 55.8 Å². The molecule has 1 aromatic heterocycles. The number of nitrogens with zero attached hydrogens (tertiary/aromatic N) is 2. The van der Waals surface area contributed by atoms with E-state index in [-0.39, 0.29) is 5.91 Å². The summed E-state index contributed by atoms with van der Waals surface area (Å²) in [6, 6.07) is 20.5. The van der Waals surface area contributed by atoms with E-state index in [9.17, 15) is 4.79 Å². The Morgan fingerprint density at radius 1 is 1.03 bits per heavy atom. The minimum absolute atomic E-state index is 0.121. The first-order chi connectivity index (χ1) is 14.1. The third-order valence-electron chi connectivity index (χ3n) is 5.08. The molecule has 2 aromatic carbocycles. The van der Waals surface area contributed by atoms with E-state index in [1.807, 2.05) is 30.3 Å². The molecule has 4 heteroatoms. The van der Waals surface area contributed by atoms with E-state index in [0.29, 0.717) is 6.42 Å². The molecular weight excluding hydrogens is 358 g/mol. The number of carbonyl (C=O) groups is 1. The van der Waals surface area contributed by atoms with Crippen LogP contribution in [-0.2, 0) is 17.6 Å². The molecule has 29 heavy (non-hydrogen) atoms. The quantitative estimate of drug-likeness (QED) is 0.423. The molecule has 1 amide bonds. The predicted octanol–water partition coefficient (Wildman–Crippen LogP) is 5.13. The smallest absolute Gasteiger partial charge is 0.244 e. The van der Waals surface area contributed by atoms with Gasteiger partial charge in [0.05, 0.1) is 12.6 Å². The first kappa shape index (κ1) is 20.6. The SMILES string of the molecule is CCCCc1ccc(-n2c(C)cc(/C=N/NC(=O)Cc3ccccc3)c2C)cc1. The van der Waals surface area contributed by atoms with Gasteiger partial charge in [0.25, 0.3) is 0 Å². The zero-order valence-electron chi connectivity index (χ0n) is 17.5. The Kier molecular flexibility index (Phi) is 7.01. The van der Waals surface area contributed by atoms with Crippen LogP contribution in [0.4, 0.5) is 0 Å². The van der Waals surface area contributed by atoms with Crippen molar-refractivity contribution in [3.05, 3.63) is 88.7 Å². The first-order valence-electron chi connectivity index (χ1n) is 10.2. The van der Waals surface area contributed by atoms with E-state index in [2.05, 4.69) is 66.2 Å². The molecule has 0 aliphatic heterocycles. The third kappa shape index (κ3) is 5.44. The van der Waals surface area contributed by atoms with Crippen LogP contribution in [-0.4, -0.2) is 16.7 Å². The van der Waals surface area contributed by atoms with Gasteiger partial charge in [0.2, 0.25) is 5.91 Å². The van der Waals surface area contributed by atoms with E-state index >= 15 is 0 Å². The average Bonchev–Trinajstić information content (AvgIpc) is 3.01.